The number of halogens is 1. The van der Waals surface area contributed by atoms with E-state index in [0.29, 0.717) is 23.9 Å². The maximum atomic E-state index is 11.5. The molecule has 0 aliphatic carbocycles. The van der Waals surface area contributed by atoms with Crippen LogP contribution in [0.25, 0.3) is 11.0 Å². The van der Waals surface area contributed by atoms with Gasteiger partial charge in [-0.15, -0.1) is 11.6 Å². The van der Waals surface area contributed by atoms with Gasteiger partial charge in [0.25, 0.3) is 0 Å². The summed E-state index contributed by atoms with van der Waals surface area (Å²) in [6.07, 6.45) is 0. The molecule has 1 unspecified atom stereocenters. The van der Waals surface area contributed by atoms with E-state index >= 15 is 0 Å². The summed E-state index contributed by atoms with van der Waals surface area (Å²) in [5.41, 5.74) is 2.02. The van der Waals surface area contributed by atoms with Gasteiger partial charge in [0.15, 0.2) is 0 Å². The third-order valence-corrected chi connectivity index (χ3v) is 4.24. The summed E-state index contributed by atoms with van der Waals surface area (Å²) < 4.78 is 13.6. The van der Waals surface area contributed by atoms with E-state index in [9.17, 15) is 4.21 Å². The SMILES string of the molecule is CCS(=O)CCn1c(CCl)nc2ccccc21. The minimum absolute atomic E-state index is 0.382. The number of aromatic nitrogens is 2. The van der Waals surface area contributed by atoms with Crippen molar-refractivity contribution in [3.63, 3.8) is 0 Å². The van der Waals surface area contributed by atoms with Gasteiger partial charge in [-0.3, -0.25) is 4.21 Å². The van der Waals surface area contributed by atoms with Crippen LogP contribution < -0.4 is 0 Å². The third-order valence-electron chi connectivity index (χ3n) is 2.72. The molecule has 0 spiro atoms. The normalized spacial score (nSPS) is 13.1. The Morgan fingerprint density at radius 2 is 2.18 bits per heavy atom. The molecule has 1 atom stereocenters. The zero-order chi connectivity index (χ0) is 12.3. The first-order valence-electron chi connectivity index (χ1n) is 5.61. The molecule has 3 nitrogen and oxygen atoms in total. The van der Waals surface area contributed by atoms with E-state index in [2.05, 4.69) is 9.55 Å². The number of nitrogens with zero attached hydrogens (tertiary/aromatic N) is 2. The lowest BCUT2D eigenvalue weighted by Gasteiger charge is -2.06. The second-order valence-corrected chi connectivity index (χ2v) is 5.87. The average molecular weight is 271 g/mol. The van der Waals surface area contributed by atoms with Gasteiger partial charge in [-0.25, -0.2) is 4.98 Å². The lowest BCUT2D eigenvalue weighted by molar-refractivity contribution is 0.673. The number of benzene rings is 1. The van der Waals surface area contributed by atoms with Crippen LogP contribution in [0, 0.1) is 0 Å². The van der Waals surface area contributed by atoms with Crippen molar-refractivity contribution in [2.75, 3.05) is 11.5 Å². The minimum atomic E-state index is -0.756. The van der Waals surface area contributed by atoms with Crippen LogP contribution in [0.15, 0.2) is 24.3 Å². The lowest BCUT2D eigenvalue weighted by atomic mass is 10.3. The fraction of sp³-hybridized carbons (Fsp3) is 0.417. The Balaban J connectivity index is 2.33. The fourth-order valence-electron chi connectivity index (χ4n) is 1.81. The van der Waals surface area contributed by atoms with Crippen molar-refractivity contribution in [2.45, 2.75) is 19.3 Å². The van der Waals surface area contributed by atoms with Gasteiger partial charge < -0.3 is 4.57 Å². The van der Waals surface area contributed by atoms with Gasteiger partial charge in [0.1, 0.15) is 5.82 Å². The van der Waals surface area contributed by atoms with E-state index in [-0.39, 0.29) is 0 Å². The van der Waals surface area contributed by atoms with Crippen LogP contribution in [0.2, 0.25) is 0 Å². The highest BCUT2D eigenvalue weighted by atomic mass is 35.5. The van der Waals surface area contributed by atoms with Gasteiger partial charge >= 0.3 is 0 Å². The zero-order valence-corrected chi connectivity index (χ0v) is 11.3. The van der Waals surface area contributed by atoms with Crippen molar-refractivity contribution in [1.29, 1.82) is 0 Å². The van der Waals surface area contributed by atoms with Crippen LogP contribution in [-0.4, -0.2) is 25.3 Å². The molecule has 2 rings (SSSR count). The number of fused-ring (bicyclic) bond motifs is 1. The van der Waals surface area contributed by atoms with Crippen LogP contribution in [0.3, 0.4) is 0 Å². The van der Waals surface area contributed by atoms with E-state index < -0.39 is 10.8 Å². The van der Waals surface area contributed by atoms with Crippen LogP contribution in [0.4, 0.5) is 0 Å². The van der Waals surface area contributed by atoms with Gasteiger partial charge in [-0.2, -0.15) is 0 Å². The average Bonchev–Trinajstić information content (AvgIpc) is 2.73. The topological polar surface area (TPSA) is 34.9 Å². The molecule has 2 aromatic rings. The summed E-state index contributed by atoms with van der Waals surface area (Å²) >= 11 is 5.89. The van der Waals surface area contributed by atoms with E-state index in [1.807, 2.05) is 31.2 Å². The number of alkyl halides is 1. The van der Waals surface area contributed by atoms with Crippen molar-refractivity contribution < 1.29 is 4.21 Å². The summed E-state index contributed by atoms with van der Waals surface area (Å²) in [6, 6.07) is 7.93. The van der Waals surface area contributed by atoms with Gasteiger partial charge in [-0.1, -0.05) is 19.1 Å². The number of imidazole rings is 1. The number of hydrogen-bond donors (Lipinski definition) is 0. The molecule has 5 heteroatoms. The van der Waals surface area contributed by atoms with E-state index in [1.54, 1.807) is 0 Å². The predicted octanol–water partition coefficient (Wildman–Crippen LogP) is 2.54. The molecule has 0 bridgehead atoms. The molecule has 1 aromatic heterocycles. The lowest BCUT2D eigenvalue weighted by Crippen LogP contribution is -2.10. The molecule has 0 saturated heterocycles. The largest absolute Gasteiger partial charge is 0.326 e. The van der Waals surface area contributed by atoms with Crippen LogP contribution >= 0.6 is 11.6 Å². The number of hydrogen-bond acceptors (Lipinski definition) is 2. The highest BCUT2D eigenvalue weighted by Gasteiger charge is 2.09. The van der Waals surface area contributed by atoms with E-state index in [1.165, 1.54) is 0 Å². The first-order chi connectivity index (χ1) is 8.26. The van der Waals surface area contributed by atoms with Crippen molar-refractivity contribution in [3.8, 4) is 0 Å². The summed E-state index contributed by atoms with van der Waals surface area (Å²) in [6.45, 7) is 2.65. The van der Waals surface area contributed by atoms with Crippen molar-refractivity contribution in [1.82, 2.24) is 9.55 Å². The molecule has 0 radical (unpaired) electrons. The minimum Gasteiger partial charge on any atom is -0.326 e. The van der Waals surface area contributed by atoms with Gasteiger partial charge in [0, 0.05) is 28.9 Å². The van der Waals surface area contributed by atoms with Crippen LogP contribution in [-0.2, 0) is 23.2 Å². The molecule has 0 aliphatic rings. The van der Waals surface area contributed by atoms with Crippen LogP contribution in [0.1, 0.15) is 12.7 Å². The summed E-state index contributed by atoms with van der Waals surface area (Å²) in [7, 11) is -0.756. The summed E-state index contributed by atoms with van der Waals surface area (Å²) in [5, 5.41) is 0. The maximum Gasteiger partial charge on any atom is 0.124 e. The highest BCUT2D eigenvalue weighted by molar-refractivity contribution is 7.84. The van der Waals surface area contributed by atoms with E-state index in [4.69, 9.17) is 11.6 Å². The van der Waals surface area contributed by atoms with Gasteiger partial charge in [0.05, 0.1) is 16.9 Å². The molecule has 0 fully saturated rings. The Morgan fingerprint density at radius 3 is 2.88 bits per heavy atom. The second-order valence-electron chi connectivity index (χ2n) is 3.73. The smallest absolute Gasteiger partial charge is 0.124 e. The highest BCUT2D eigenvalue weighted by Crippen LogP contribution is 2.17. The molecular weight excluding hydrogens is 256 g/mol. The number of para-hydroxylation sites is 2. The zero-order valence-electron chi connectivity index (χ0n) is 9.73. The summed E-state index contributed by atoms with van der Waals surface area (Å²) in [5.74, 6) is 2.58. The Morgan fingerprint density at radius 1 is 1.41 bits per heavy atom. The van der Waals surface area contributed by atoms with Crippen molar-refractivity contribution in [3.05, 3.63) is 30.1 Å². The van der Waals surface area contributed by atoms with Crippen LogP contribution in [0.5, 0.6) is 0 Å². The first-order valence-corrected chi connectivity index (χ1v) is 7.63. The van der Waals surface area contributed by atoms with Gasteiger partial charge in [-0.05, 0) is 12.1 Å². The molecule has 0 amide bonds. The molecule has 0 N–H and O–H groups in total. The molecule has 17 heavy (non-hydrogen) atoms. The van der Waals surface area contributed by atoms with Crippen molar-refractivity contribution in [2.24, 2.45) is 0 Å². The quantitative estimate of drug-likeness (QED) is 0.783. The fourth-order valence-corrected chi connectivity index (χ4v) is 2.69. The Labute approximate surface area is 108 Å². The summed E-state index contributed by atoms with van der Waals surface area (Å²) in [4.78, 5) is 4.47. The molecule has 0 saturated carbocycles. The van der Waals surface area contributed by atoms with E-state index in [0.717, 1.165) is 16.9 Å². The first kappa shape index (κ1) is 12.6. The Kier molecular flexibility index (Phi) is 4.18. The Hall–Kier alpha value is -0.870. The predicted molar refractivity (Wildman–Crippen MR) is 72.8 cm³/mol. The molecule has 1 heterocycles. The molecule has 0 aliphatic heterocycles. The third kappa shape index (κ3) is 2.69. The standard InChI is InChI=1S/C12H15ClN2OS/c1-2-17(16)8-7-15-11-6-4-3-5-10(11)14-12(15)9-13/h3-6H,2,7-9H2,1H3. The molecule has 1 aromatic carbocycles. The maximum absolute atomic E-state index is 11.5. The monoisotopic (exact) mass is 270 g/mol. The second kappa shape index (κ2) is 5.65. The number of rotatable bonds is 5. The Bertz CT molecular complexity index is 538. The number of aryl methyl sites for hydroxylation is 1. The molecule has 92 valence electrons. The van der Waals surface area contributed by atoms with Crippen molar-refractivity contribution >= 4 is 33.4 Å². The van der Waals surface area contributed by atoms with Gasteiger partial charge in [0.2, 0.25) is 0 Å². The molecular formula is C12H15ClN2OS.